The van der Waals surface area contributed by atoms with Crippen molar-refractivity contribution in [1.29, 1.82) is 5.26 Å². The van der Waals surface area contributed by atoms with Crippen LogP contribution < -0.4 is 11.1 Å². The lowest BCUT2D eigenvalue weighted by atomic mass is 9.84. The maximum atomic E-state index is 12.2. The van der Waals surface area contributed by atoms with Crippen LogP contribution in [0.15, 0.2) is 24.5 Å². The van der Waals surface area contributed by atoms with Gasteiger partial charge in [-0.25, -0.2) is 0 Å². The number of pyridine rings is 1. The zero-order chi connectivity index (χ0) is 14.4. The minimum absolute atomic E-state index is 0.0796. The number of nitrogens with zero attached hydrogens (tertiary/aromatic N) is 2. The number of hydrogen-bond acceptors (Lipinski definition) is 4. The first-order valence-electron chi connectivity index (χ1n) is 7.05. The van der Waals surface area contributed by atoms with Crippen molar-refractivity contribution in [2.24, 2.45) is 11.7 Å². The predicted octanol–water partition coefficient (Wildman–Crippen LogP) is 1.15. The average molecular weight is 272 g/mol. The first kappa shape index (κ1) is 14.5. The molecule has 1 unspecified atom stereocenters. The molecule has 1 aliphatic carbocycles. The quantitative estimate of drug-likeness (QED) is 0.860. The molecule has 2 rings (SSSR count). The highest BCUT2D eigenvalue weighted by atomic mass is 16.2. The van der Waals surface area contributed by atoms with E-state index in [1.54, 1.807) is 12.4 Å². The van der Waals surface area contributed by atoms with Gasteiger partial charge in [0.2, 0.25) is 5.91 Å². The molecule has 1 amide bonds. The van der Waals surface area contributed by atoms with E-state index < -0.39 is 6.04 Å². The third kappa shape index (κ3) is 3.78. The van der Waals surface area contributed by atoms with Crippen molar-refractivity contribution in [3.05, 3.63) is 30.1 Å². The highest BCUT2D eigenvalue weighted by Gasteiger charge is 2.29. The van der Waals surface area contributed by atoms with Gasteiger partial charge in [-0.3, -0.25) is 9.78 Å². The summed E-state index contributed by atoms with van der Waals surface area (Å²) in [6.07, 6.45) is 7.69. The zero-order valence-electron chi connectivity index (χ0n) is 11.5. The molecule has 0 radical (unpaired) electrons. The molecule has 1 fully saturated rings. The lowest BCUT2D eigenvalue weighted by molar-refractivity contribution is -0.126. The molecule has 0 saturated heterocycles. The van der Waals surface area contributed by atoms with Gasteiger partial charge in [0.15, 0.2) is 0 Å². The molecule has 0 spiro atoms. The molecule has 1 saturated carbocycles. The molecule has 20 heavy (non-hydrogen) atoms. The smallest absolute Gasteiger partial charge is 0.225 e. The third-order valence-corrected chi connectivity index (χ3v) is 3.82. The van der Waals surface area contributed by atoms with Gasteiger partial charge in [0.25, 0.3) is 0 Å². The number of nitriles is 1. The normalized spacial score (nSPS) is 23.6. The first-order valence-corrected chi connectivity index (χ1v) is 7.05. The molecule has 0 aromatic carbocycles. The molecule has 3 atom stereocenters. The summed E-state index contributed by atoms with van der Waals surface area (Å²) in [5.74, 6) is -0.241. The number of rotatable bonds is 4. The van der Waals surface area contributed by atoms with Gasteiger partial charge in [0, 0.05) is 24.9 Å². The van der Waals surface area contributed by atoms with Crippen molar-refractivity contribution in [3.63, 3.8) is 0 Å². The Hall–Kier alpha value is -1.93. The van der Waals surface area contributed by atoms with Crippen molar-refractivity contribution in [2.45, 2.75) is 44.2 Å². The lowest BCUT2D eigenvalue weighted by Crippen LogP contribution is -2.47. The van der Waals surface area contributed by atoms with Crippen molar-refractivity contribution in [1.82, 2.24) is 10.3 Å². The second-order valence-corrected chi connectivity index (χ2v) is 5.30. The van der Waals surface area contributed by atoms with Crippen LogP contribution in [0.3, 0.4) is 0 Å². The topological polar surface area (TPSA) is 91.8 Å². The van der Waals surface area contributed by atoms with Crippen LogP contribution in [0.5, 0.6) is 0 Å². The molecule has 0 aliphatic heterocycles. The van der Waals surface area contributed by atoms with E-state index in [0.717, 1.165) is 31.2 Å². The summed E-state index contributed by atoms with van der Waals surface area (Å²) in [6.45, 7) is 0. The second kappa shape index (κ2) is 7.01. The summed E-state index contributed by atoms with van der Waals surface area (Å²) in [5.41, 5.74) is 6.98. The van der Waals surface area contributed by atoms with Crippen LogP contribution in [0.25, 0.3) is 0 Å². The number of amides is 1. The molecule has 1 heterocycles. The minimum atomic E-state index is -0.515. The summed E-state index contributed by atoms with van der Waals surface area (Å²) >= 11 is 0. The lowest BCUT2D eigenvalue weighted by Gasteiger charge is -2.28. The summed E-state index contributed by atoms with van der Waals surface area (Å²) < 4.78 is 0. The fourth-order valence-electron chi connectivity index (χ4n) is 2.65. The van der Waals surface area contributed by atoms with E-state index in [1.807, 2.05) is 12.1 Å². The Balaban J connectivity index is 1.93. The zero-order valence-corrected chi connectivity index (χ0v) is 11.5. The van der Waals surface area contributed by atoms with Crippen molar-refractivity contribution in [2.75, 3.05) is 0 Å². The average Bonchev–Trinajstić information content (AvgIpc) is 2.48. The summed E-state index contributed by atoms with van der Waals surface area (Å²) in [4.78, 5) is 16.1. The molecular weight excluding hydrogens is 252 g/mol. The first-order chi connectivity index (χ1) is 9.70. The van der Waals surface area contributed by atoms with Crippen LogP contribution in [0.4, 0.5) is 0 Å². The Morgan fingerprint density at radius 3 is 2.80 bits per heavy atom. The van der Waals surface area contributed by atoms with Crippen LogP contribution >= 0.6 is 0 Å². The summed E-state index contributed by atoms with van der Waals surface area (Å²) in [5, 5.41) is 12.0. The second-order valence-electron chi connectivity index (χ2n) is 5.30. The van der Waals surface area contributed by atoms with Gasteiger partial charge >= 0.3 is 0 Å². The number of carbonyl (C=O) groups is 1. The monoisotopic (exact) mass is 272 g/mol. The number of nitrogens with one attached hydrogen (secondary N) is 1. The highest BCUT2D eigenvalue weighted by molar-refractivity contribution is 5.80. The SMILES string of the molecule is N#CC(Cc1ccncc1)NC(=O)[C@@H]1CCCC[C@@H]1N. The molecule has 3 N–H and O–H groups in total. The Kier molecular flexibility index (Phi) is 5.08. The molecule has 0 bridgehead atoms. The van der Waals surface area contributed by atoms with Crippen molar-refractivity contribution < 1.29 is 4.79 Å². The van der Waals surface area contributed by atoms with Crippen LogP contribution in [-0.4, -0.2) is 23.0 Å². The van der Waals surface area contributed by atoms with Crippen LogP contribution in [0.1, 0.15) is 31.2 Å². The third-order valence-electron chi connectivity index (χ3n) is 3.82. The molecule has 106 valence electrons. The Labute approximate surface area is 119 Å². The van der Waals surface area contributed by atoms with Crippen molar-refractivity contribution >= 4 is 5.91 Å². The van der Waals surface area contributed by atoms with Gasteiger partial charge in [-0.2, -0.15) is 5.26 Å². The van der Waals surface area contributed by atoms with Gasteiger partial charge in [-0.05, 0) is 30.5 Å². The Bertz CT molecular complexity index is 482. The van der Waals surface area contributed by atoms with Gasteiger partial charge in [-0.1, -0.05) is 12.8 Å². The van der Waals surface area contributed by atoms with E-state index in [2.05, 4.69) is 16.4 Å². The number of nitrogens with two attached hydrogens (primary N) is 1. The van der Waals surface area contributed by atoms with Crippen LogP contribution in [0, 0.1) is 17.2 Å². The summed E-state index contributed by atoms with van der Waals surface area (Å²) in [6, 6.07) is 5.25. The fraction of sp³-hybridized carbons (Fsp3) is 0.533. The van der Waals surface area contributed by atoms with E-state index >= 15 is 0 Å². The van der Waals surface area contributed by atoms with Gasteiger partial charge in [0.05, 0.1) is 12.0 Å². The molecule has 1 aliphatic rings. The number of hydrogen-bond donors (Lipinski definition) is 2. The summed E-state index contributed by atoms with van der Waals surface area (Å²) in [7, 11) is 0. The van der Waals surface area contributed by atoms with E-state index in [4.69, 9.17) is 5.73 Å². The molecule has 5 heteroatoms. The minimum Gasteiger partial charge on any atom is -0.340 e. The number of aromatic nitrogens is 1. The van der Waals surface area contributed by atoms with E-state index in [-0.39, 0.29) is 17.9 Å². The van der Waals surface area contributed by atoms with E-state index in [0.29, 0.717) is 6.42 Å². The Morgan fingerprint density at radius 1 is 1.45 bits per heavy atom. The maximum absolute atomic E-state index is 12.2. The predicted molar refractivity (Wildman–Crippen MR) is 75.4 cm³/mol. The van der Waals surface area contributed by atoms with Crippen molar-refractivity contribution in [3.8, 4) is 6.07 Å². The fourth-order valence-corrected chi connectivity index (χ4v) is 2.65. The largest absolute Gasteiger partial charge is 0.340 e. The van der Waals surface area contributed by atoms with E-state index in [9.17, 15) is 10.1 Å². The molecule has 1 aromatic rings. The molecule has 5 nitrogen and oxygen atoms in total. The van der Waals surface area contributed by atoms with Gasteiger partial charge in [-0.15, -0.1) is 0 Å². The number of carbonyl (C=O) groups excluding carboxylic acids is 1. The maximum Gasteiger partial charge on any atom is 0.225 e. The van der Waals surface area contributed by atoms with Gasteiger partial charge < -0.3 is 11.1 Å². The Morgan fingerprint density at radius 2 is 2.15 bits per heavy atom. The van der Waals surface area contributed by atoms with Gasteiger partial charge in [0.1, 0.15) is 6.04 Å². The van der Waals surface area contributed by atoms with Crippen LogP contribution in [0.2, 0.25) is 0 Å². The van der Waals surface area contributed by atoms with Crippen LogP contribution in [-0.2, 0) is 11.2 Å². The highest BCUT2D eigenvalue weighted by Crippen LogP contribution is 2.23. The molecular formula is C15H20N4O. The van der Waals surface area contributed by atoms with E-state index in [1.165, 1.54) is 0 Å². The standard InChI is InChI=1S/C15H20N4O/c16-10-12(9-11-5-7-18-8-6-11)19-15(20)13-3-1-2-4-14(13)17/h5-8,12-14H,1-4,9,17H2,(H,19,20)/t12?,13-,14+/m1/s1. The molecule has 1 aromatic heterocycles.